The van der Waals surface area contributed by atoms with Gasteiger partial charge in [0.25, 0.3) is 5.56 Å². The zero-order chi connectivity index (χ0) is 9.68. The lowest BCUT2D eigenvalue weighted by Crippen LogP contribution is -2.22. The fraction of sp³-hybridized carbons (Fsp3) is 0.500. The minimum absolute atomic E-state index is 0.355. The van der Waals surface area contributed by atoms with E-state index in [-0.39, 0.29) is 5.56 Å². The summed E-state index contributed by atoms with van der Waals surface area (Å²) in [6.45, 7) is 0.632. The number of rotatable bonds is 4. The molecule has 4 N–H and O–H groups in total. The molecule has 0 aromatic carbocycles. The second-order valence-corrected chi connectivity index (χ2v) is 2.86. The third kappa shape index (κ3) is 3.25. The number of H-pyrrole nitrogens is 2. The molecule has 5 heteroatoms. The summed E-state index contributed by atoms with van der Waals surface area (Å²) in [7, 11) is 0. The Hall–Kier alpha value is -1.36. The molecule has 0 fully saturated rings. The number of nitrogens with one attached hydrogen (secondary N) is 2. The van der Waals surface area contributed by atoms with Gasteiger partial charge in [-0.1, -0.05) is 0 Å². The summed E-state index contributed by atoms with van der Waals surface area (Å²) in [5.74, 6) is 0. The van der Waals surface area contributed by atoms with Crippen molar-refractivity contribution >= 4 is 0 Å². The van der Waals surface area contributed by atoms with Crippen molar-refractivity contribution in [1.82, 2.24) is 9.97 Å². The molecule has 0 amide bonds. The minimum Gasteiger partial charge on any atom is -0.330 e. The molecule has 0 saturated carbocycles. The summed E-state index contributed by atoms with van der Waals surface area (Å²) >= 11 is 0. The van der Waals surface area contributed by atoms with Gasteiger partial charge in [0.05, 0.1) is 0 Å². The number of hydrogen-bond acceptors (Lipinski definition) is 3. The molecule has 0 atom stereocenters. The number of aromatic amines is 2. The van der Waals surface area contributed by atoms with Crippen LogP contribution in [0.4, 0.5) is 0 Å². The first kappa shape index (κ1) is 9.73. The van der Waals surface area contributed by atoms with E-state index < -0.39 is 5.69 Å². The van der Waals surface area contributed by atoms with Crippen LogP contribution in [-0.4, -0.2) is 16.5 Å². The molecule has 1 rings (SSSR count). The van der Waals surface area contributed by atoms with Crippen molar-refractivity contribution < 1.29 is 0 Å². The molecule has 0 aliphatic heterocycles. The molecule has 0 spiro atoms. The Bertz CT molecular complexity index is 338. The predicted octanol–water partition coefficient (Wildman–Crippen LogP) is -0.655. The SMILES string of the molecule is NCCCCc1cc(=O)[nH]c(=O)[nH]1. The van der Waals surface area contributed by atoms with Crippen LogP contribution in [-0.2, 0) is 6.42 Å². The van der Waals surface area contributed by atoms with Crippen LogP contribution in [0, 0.1) is 0 Å². The first-order valence-electron chi connectivity index (χ1n) is 4.25. The van der Waals surface area contributed by atoms with Crippen molar-refractivity contribution in [2.24, 2.45) is 5.73 Å². The molecule has 0 unspecified atom stereocenters. The summed E-state index contributed by atoms with van der Waals surface area (Å²) < 4.78 is 0. The number of unbranched alkanes of at least 4 members (excludes halogenated alkanes) is 1. The molecule has 0 aliphatic carbocycles. The molecule has 0 bridgehead atoms. The zero-order valence-electron chi connectivity index (χ0n) is 7.30. The van der Waals surface area contributed by atoms with E-state index in [1.54, 1.807) is 0 Å². The molecule has 0 saturated heterocycles. The van der Waals surface area contributed by atoms with Gasteiger partial charge in [0, 0.05) is 11.8 Å². The van der Waals surface area contributed by atoms with Gasteiger partial charge in [0.1, 0.15) is 0 Å². The summed E-state index contributed by atoms with van der Waals surface area (Å²) in [6, 6.07) is 1.40. The Balaban J connectivity index is 2.67. The summed E-state index contributed by atoms with van der Waals surface area (Å²) in [5, 5.41) is 0. The minimum atomic E-state index is -0.449. The van der Waals surface area contributed by atoms with Crippen LogP contribution in [0.3, 0.4) is 0 Å². The van der Waals surface area contributed by atoms with Crippen LogP contribution >= 0.6 is 0 Å². The highest BCUT2D eigenvalue weighted by molar-refractivity contribution is 4.98. The fourth-order valence-corrected chi connectivity index (χ4v) is 1.11. The smallest absolute Gasteiger partial charge is 0.325 e. The lowest BCUT2D eigenvalue weighted by Gasteiger charge is -1.98. The van der Waals surface area contributed by atoms with Crippen LogP contribution in [0.25, 0.3) is 0 Å². The van der Waals surface area contributed by atoms with Gasteiger partial charge in [-0.15, -0.1) is 0 Å². The zero-order valence-corrected chi connectivity index (χ0v) is 7.30. The fourth-order valence-electron chi connectivity index (χ4n) is 1.11. The molecule has 72 valence electrons. The topological polar surface area (TPSA) is 91.7 Å². The van der Waals surface area contributed by atoms with Crippen molar-refractivity contribution in [2.75, 3.05) is 6.54 Å². The van der Waals surface area contributed by atoms with Crippen LogP contribution in [0.5, 0.6) is 0 Å². The van der Waals surface area contributed by atoms with Gasteiger partial charge in [0.15, 0.2) is 0 Å². The standard InChI is InChI=1S/C8H13N3O2/c9-4-2-1-3-6-5-7(12)11-8(13)10-6/h5H,1-4,9H2,(H2,10,11,12,13). The van der Waals surface area contributed by atoms with Gasteiger partial charge in [-0.25, -0.2) is 4.79 Å². The van der Waals surface area contributed by atoms with Crippen molar-refractivity contribution in [3.63, 3.8) is 0 Å². The van der Waals surface area contributed by atoms with Gasteiger partial charge in [-0.05, 0) is 25.8 Å². The van der Waals surface area contributed by atoms with Crippen LogP contribution in [0.1, 0.15) is 18.5 Å². The molecular formula is C8H13N3O2. The van der Waals surface area contributed by atoms with E-state index in [1.165, 1.54) is 6.07 Å². The maximum Gasteiger partial charge on any atom is 0.325 e. The average Bonchev–Trinajstić information content (AvgIpc) is 2.03. The van der Waals surface area contributed by atoms with E-state index >= 15 is 0 Å². The van der Waals surface area contributed by atoms with E-state index in [0.717, 1.165) is 12.8 Å². The molecule has 1 heterocycles. The molecule has 1 aromatic rings. The second kappa shape index (κ2) is 4.61. The summed E-state index contributed by atoms with van der Waals surface area (Å²) in [5.41, 5.74) is 5.18. The summed E-state index contributed by atoms with van der Waals surface area (Å²) in [6.07, 6.45) is 2.47. The van der Waals surface area contributed by atoms with E-state index in [2.05, 4.69) is 9.97 Å². The quantitative estimate of drug-likeness (QED) is 0.541. The van der Waals surface area contributed by atoms with Crippen molar-refractivity contribution in [2.45, 2.75) is 19.3 Å². The number of hydrogen-bond donors (Lipinski definition) is 3. The Morgan fingerprint density at radius 2 is 2.00 bits per heavy atom. The summed E-state index contributed by atoms with van der Waals surface area (Å²) in [4.78, 5) is 26.3. The number of nitrogens with two attached hydrogens (primary N) is 1. The van der Waals surface area contributed by atoms with Gasteiger partial charge in [0.2, 0.25) is 0 Å². The molecule has 0 radical (unpaired) electrons. The molecule has 1 aromatic heterocycles. The number of aromatic nitrogens is 2. The van der Waals surface area contributed by atoms with Crippen LogP contribution in [0.15, 0.2) is 15.7 Å². The average molecular weight is 183 g/mol. The normalized spacial score (nSPS) is 10.2. The third-order valence-electron chi connectivity index (χ3n) is 1.72. The highest BCUT2D eigenvalue weighted by atomic mass is 16.2. The third-order valence-corrected chi connectivity index (χ3v) is 1.72. The largest absolute Gasteiger partial charge is 0.330 e. The van der Waals surface area contributed by atoms with Gasteiger partial charge >= 0.3 is 5.69 Å². The van der Waals surface area contributed by atoms with E-state index in [0.29, 0.717) is 18.7 Å². The first-order chi connectivity index (χ1) is 6.22. The monoisotopic (exact) mass is 183 g/mol. The molecule has 0 aliphatic rings. The van der Waals surface area contributed by atoms with Crippen LogP contribution in [0.2, 0.25) is 0 Å². The van der Waals surface area contributed by atoms with E-state index in [4.69, 9.17) is 5.73 Å². The van der Waals surface area contributed by atoms with Crippen LogP contribution < -0.4 is 17.0 Å². The predicted molar refractivity (Wildman–Crippen MR) is 49.7 cm³/mol. The maximum atomic E-state index is 10.8. The Kier molecular flexibility index (Phi) is 3.45. The maximum absolute atomic E-state index is 10.8. The van der Waals surface area contributed by atoms with E-state index in [1.807, 2.05) is 0 Å². The molecule has 13 heavy (non-hydrogen) atoms. The highest BCUT2D eigenvalue weighted by Gasteiger charge is 1.95. The Labute approximate surface area is 75.0 Å². The molecule has 5 nitrogen and oxygen atoms in total. The van der Waals surface area contributed by atoms with Crippen molar-refractivity contribution in [3.8, 4) is 0 Å². The molecular weight excluding hydrogens is 170 g/mol. The van der Waals surface area contributed by atoms with Gasteiger partial charge in [-0.3, -0.25) is 9.78 Å². The van der Waals surface area contributed by atoms with Crippen molar-refractivity contribution in [1.29, 1.82) is 0 Å². The van der Waals surface area contributed by atoms with Gasteiger partial charge < -0.3 is 10.7 Å². The lowest BCUT2D eigenvalue weighted by molar-refractivity contribution is 0.726. The Morgan fingerprint density at radius 3 is 2.62 bits per heavy atom. The second-order valence-electron chi connectivity index (χ2n) is 2.86. The highest BCUT2D eigenvalue weighted by Crippen LogP contribution is 1.95. The number of aryl methyl sites for hydroxylation is 1. The van der Waals surface area contributed by atoms with Gasteiger partial charge in [-0.2, -0.15) is 0 Å². The van der Waals surface area contributed by atoms with Crippen molar-refractivity contribution in [3.05, 3.63) is 32.6 Å². The van der Waals surface area contributed by atoms with E-state index in [9.17, 15) is 9.59 Å². The lowest BCUT2D eigenvalue weighted by atomic mass is 10.2. The first-order valence-corrected chi connectivity index (χ1v) is 4.25. The Morgan fingerprint density at radius 1 is 1.23 bits per heavy atom.